The third kappa shape index (κ3) is 7.24. The summed E-state index contributed by atoms with van der Waals surface area (Å²) in [6, 6.07) is 19.0. The number of halogens is 1. The van der Waals surface area contributed by atoms with E-state index in [0.717, 1.165) is 25.7 Å². The minimum absolute atomic E-state index is 0.155. The molecule has 1 atom stereocenters. The highest BCUT2D eigenvalue weighted by atomic mass is 19.1. The van der Waals surface area contributed by atoms with E-state index in [4.69, 9.17) is 0 Å². The van der Waals surface area contributed by atoms with Gasteiger partial charge in [-0.3, -0.25) is 14.5 Å². The zero-order chi connectivity index (χ0) is 32.9. The van der Waals surface area contributed by atoms with E-state index in [2.05, 4.69) is 20.4 Å². The van der Waals surface area contributed by atoms with Gasteiger partial charge in [0.05, 0.1) is 18.5 Å². The number of hydrogen-bond acceptors (Lipinski definition) is 6. The molecule has 0 aromatic heterocycles. The van der Waals surface area contributed by atoms with Crippen LogP contribution in [0.15, 0.2) is 83.9 Å². The van der Waals surface area contributed by atoms with Gasteiger partial charge < -0.3 is 20.3 Å². The minimum Gasteiger partial charge on any atom is -0.466 e. The van der Waals surface area contributed by atoms with Crippen LogP contribution in [0.5, 0.6) is 0 Å². The number of rotatable bonds is 7. The van der Waals surface area contributed by atoms with Gasteiger partial charge in [-0.15, -0.1) is 0 Å². The number of benzene rings is 3. The molecule has 1 saturated carbocycles. The lowest BCUT2D eigenvalue weighted by Gasteiger charge is -2.29. The molecule has 11 heteroatoms. The molecule has 2 bridgehead atoms. The van der Waals surface area contributed by atoms with E-state index in [9.17, 15) is 19.2 Å². The average molecular weight is 638 g/mol. The van der Waals surface area contributed by atoms with Crippen molar-refractivity contribution < 1.29 is 28.3 Å². The Labute approximate surface area is 272 Å². The first-order chi connectivity index (χ1) is 22.8. The second kappa shape index (κ2) is 14.0. The summed E-state index contributed by atoms with van der Waals surface area (Å²) in [7, 11) is 1.28. The monoisotopic (exact) mass is 637 g/mol. The first-order valence-electron chi connectivity index (χ1n) is 15.7. The van der Waals surface area contributed by atoms with Crippen LogP contribution in [0.3, 0.4) is 0 Å². The number of ether oxygens (including phenoxy) is 1. The molecule has 3 aromatic carbocycles. The summed E-state index contributed by atoms with van der Waals surface area (Å²) in [5.74, 6) is -0.968. The van der Waals surface area contributed by atoms with Crippen LogP contribution in [-0.2, 0) is 19.1 Å². The second-order valence-corrected chi connectivity index (χ2v) is 12.1. The van der Waals surface area contributed by atoms with Crippen molar-refractivity contribution in [2.45, 2.75) is 31.8 Å². The van der Waals surface area contributed by atoms with E-state index < -0.39 is 29.9 Å². The van der Waals surface area contributed by atoms with Crippen molar-refractivity contribution in [3.63, 3.8) is 0 Å². The third-order valence-electron chi connectivity index (χ3n) is 8.93. The lowest BCUT2D eigenvalue weighted by atomic mass is 9.84. The van der Waals surface area contributed by atoms with Crippen LogP contribution in [0.1, 0.15) is 42.4 Å². The van der Waals surface area contributed by atoms with Gasteiger partial charge in [0, 0.05) is 36.0 Å². The highest BCUT2D eigenvalue weighted by Gasteiger charge is 2.37. The van der Waals surface area contributed by atoms with Gasteiger partial charge in [0.1, 0.15) is 12.4 Å². The predicted octanol–water partition coefficient (Wildman–Crippen LogP) is 4.99. The summed E-state index contributed by atoms with van der Waals surface area (Å²) in [5, 5.41) is 5.34. The summed E-state index contributed by atoms with van der Waals surface area (Å²) in [6.07, 6.45) is 5.73. The topological polar surface area (TPSA) is 120 Å². The lowest BCUT2D eigenvalue weighted by molar-refractivity contribution is -0.134. The fourth-order valence-electron chi connectivity index (χ4n) is 6.53. The number of para-hydroxylation sites is 1. The molecular formula is C36H36FN5O5. The highest BCUT2D eigenvalue weighted by Crippen LogP contribution is 2.34. The Morgan fingerprint density at radius 2 is 1.62 bits per heavy atom. The Morgan fingerprint density at radius 1 is 0.936 bits per heavy atom. The molecule has 3 aliphatic heterocycles. The Kier molecular flexibility index (Phi) is 9.42. The summed E-state index contributed by atoms with van der Waals surface area (Å²) in [6.45, 7) is 1.08. The number of carbonyl (C=O) groups excluding carboxylic acids is 4. The third-order valence-corrected chi connectivity index (χ3v) is 8.93. The molecule has 4 amide bonds. The zero-order valence-corrected chi connectivity index (χ0v) is 26.0. The summed E-state index contributed by atoms with van der Waals surface area (Å²) < 4.78 is 19.9. The summed E-state index contributed by atoms with van der Waals surface area (Å²) >= 11 is 0. The molecule has 3 heterocycles. The maximum absolute atomic E-state index is 15.2. The fraction of sp³-hybridized carbons (Fsp3) is 0.306. The van der Waals surface area contributed by atoms with E-state index in [0.29, 0.717) is 47.4 Å². The maximum Gasteiger partial charge on any atom is 0.330 e. The number of nitrogens with one attached hydrogen (secondary N) is 2. The number of amides is 4. The SMILES string of the molecule is COC(=O)C=Cc1cccc(NC(=O)NC2N=C(c3ccccc3F)c3ccccc3N(CC(=O)N3CC4CCC(CC4)C3)C2=O)c1. The van der Waals surface area contributed by atoms with E-state index in [1.807, 2.05) is 4.90 Å². The van der Waals surface area contributed by atoms with Crippen molar-refractivity contribution in [2.75, 3.05) is 37.0 Å². The normalized spacial score (nSPS) is 20.6. The molecule has 2 N–H and O–H groups in total. The molecule has 47 heavy (non-hydrogen) atoms. The summed E-state index contributed by atoms with van der Waals surface area (Å²) in [5.41, 5.74) is 2.21. The minimum atomic E-state index is -1.48. The van der Waals surface area contributed by atoms with Crippen molar-refractivity contribution in [3.8, 4) is 0 Å². The Balaban J connectivity index is 1.31. The van der Waals surface area contributed by atoms with E-state index >= 15 is 4.39 Å². The molecule has 3 fully saturated rings. The number of aliphatic imine (C=N–C) groups is 1. The number of hydrogen-bond donors (Lipinski definition) is 2. The smallest absolute Gasteiger partial charge is 0.330 e. The van der Waals surface area contributed by atoms with Crippen molar-refractivity contribution in [1.29, 1.82) is 0 Å². The van der Waals surface area contributed by atoms with Crippen molar-refractivity contribution >= 4 is 47.0 Å². The number of urea groups is 1. The average Bonchev–Trinajstić information content (AvgIpc) is 3.47. The van der Waals surface area contributed by atoms with Crippen molar-refractivity contribution in [1.82, 2.24) is 10.2 Å². The molecule has 1 aliphatic carbocycles. The van der Waals surface area contributed by atoms with Crippen LogP contribution >= 0.6 is 0 Å². The van der Waals surface area contributed by atoms with Crippen LogP contribution < -0.4 is 15.5 Å². The Morgan fingerprint density at radius 3 is 2.32 bits per heavy atom. The number of fused-ring (bicyclic) bond motifs is 5. The Bertz CT molecular complexity index is 1730. The highest BCUT2D eigenvalue weighted by molar-refractivity contribution is 6.21. The van der Waals surface area contributed by atoms with Gasteiger partial charge >= 0.3 is 12.0 Å². The molecule has 2 saturated heterocycles. The molecule has 0 spiro atoms. The fourth-order valence-corrected chi connectivity index (χ4v) is 6.53. The van der Waals surface area contributed by atoms with Crippen molar-refractivity contribution in [3.05, 3.63) is 101 Å². The molecule has 7 rings (SSSR count). The number of anilines is 2. The Hall–Kier alpha value is -5.32. The van der Waals surface area contributed by atoms with Crippen molar-refractivity contribution in [2.24, 2.45) is 16.8 Å². The largest absolute Gasteiger partial charge is 0.466 e. The van der Waals surface area contributed by atoms with Crippen LogP contribution in [-0.4, -0.2) is 67.3 Å². The quantitative estimate of drug-likeness (QED) is 0.279. The van der Waals surface area contributed by atoms with Crippen LogP contribution in [0, 0.1) is 17.7 Å². The first-order valence-corrected chi connectivity index (χ1v) is 15.7. The van der Waals surface area contributed by atoms with Gasteiger partial charge in [0.2, 0.25) is 12.1 Å². The van der Waals surface area contributed by atoms with Crippen LogP contribution in [0.25, 0.3) is 6.08 Å². The van der Waals surface area contributed by atoms with Gasteiger partial charge in [0.15, 0.2) is 0 Å². The van der Waals surface area contributed by atoms with Gasteiger partial charge in [0.25, 0.3) is 5.91 Å². The van der Waals surface area contributed by atoms with Gasteiger partial charge in [-0.25, -0.2) is 19.0 Å². The number of nitrogens with zero attached hydrogens (tertiary/aromatic N) is 3. The molecule has 3 aromatic rings. The summed E-state index contributed by atoms with van der Waals surface area (Å²) in [4.78, 5) is 60.8. The molecule has 1 unspecified atom stereocenters. The molecule has 242 valence electrons. The molecule has 0 radical (unpaired) electrons. The maximum atomic E-state index is 15.2. The lowest BCUT2D eigenvalue weighted by Crippen LogP contribution is -2.51. The van der Waals surface area contributed by atoms with E-state index in [1.165, 1.54) is 30.2 Å². The number of carbonyl (C=O) groups is 4. The zero-order valence-electron chi connectivity index (χ0n) is 26.0. The predicted molar refractivity (Wildman–Crippen MR) is 176 cm³/mol. The van der Waals surface area contributed by atoms with Crippen LogP contribution in [0.4, 0.5) is 20.6 Å². The van der Waals surface area contributed by atoms with Crippen LogP contribution in [0.2, 0.25) is 0 Å². The molecule has 4 aliphatic rings. The molecular weight excluding hydrogens is 601 g/mol. The number of methoxy groups -OCH3 is 1. The number of benzodiazepines with no additional fused rings is 1. The number of esters is 1. The first kappa shape index (κ1) is 31.7. The standard InChI is InChI=1S/C36H36FN5O5/c1-47-32(44)18-17-23-7-6-8-26(19-23)38-36(46)40-34-35(45)42(22-31(43)41-20-24-13-14-25(21-41)16-15-24)30-12-5-3-10-28(30)33(39-34)27-9-2-4-11-29(27)37/h2-12,17-19,24-25,34H,13-16,20-22H2,1H3,(H2,38,40,46). The second-order valence-electron chi connectivity index (χ2n) is 12.1. The van der Waals surface area contributed by atoms with Gasteiger partial charge in [-0.1, -0.05) is 42.5 Å². The van der Waals surface area contributed by atoms with E-state index in [1.54, 1.807) is 66.7 Å². The van der Waals surface area contributed by atoms with Gasteiger partial charge in [-0.05, 0) is 79.5 Å². The van der Waals surface area contributed by atoms with E-state index in [-0.39, 0.29) is 23.7 Å². The molecule has 10 nitrogen and oxygen atoms in total. The van der Waals surface area contributed by atoms with Gasteiger partial charge in [-0.2, -0.15) is 0 Å².